The summed E-state index contributed by atoms with van der Waals surface area (Å²) in [6, 6.07) is 6.41. The van der Waals surface area contributed by atoms with Gasteiger partial charge in [0.1, 0.15) is 18.4 Å². The van der Waals surface area contributed by atoms with Crippen molar-refractivity contribution < 1.29 is 14.6 Å². The Balaban J connectivity index is 2.43. The van der Waals surface area contributed by atoms with Crippen LogP contribution in [0.25, 0.3) is 0 Å². The second-order valence-electron chi connectivity index (χ2n) is 4.47. The molecule has 104 valence electrons. The van der Waals surface area contributed by atoms with Gasteiger partial charge >= 0.3 is 5.97 Å². The monoisotopic (exact) mass is 264 g/mol. The van der Waals surface area contributed by atoms with Gasteiger partial charge in [-0.2, -0.15) is 0 Å². The molecule has 19 heavy (non-hydrogen) atoms. The first-order valence-electron chi connectivity index (χ1n) is 6.17. The number of ether oxygens (including phenoxy) is 1. The van der Waals surface area contributed by atoms with Gasteiger partial charge in [0, 0.05) is 5.71 Å². The first-order valence-corrected chi connectivity index (χ1v) is 6.17. The largest absolute Gasteiger partial charge is 0.492 e. The van der Waals surface area contributed by atoms with E-state index in [1.54, 1.807) is 0 Å². The zero-order valence-electron chi connectivity index (χ0n) is 11.3. The minimum absolute atomic E-state index is 0.314. The number of nitrogens with two attached hydrogens (primary N) is 1. The van der Waals surface area contributed by atoms with Gasteiger partial charge in [0.05, 0.1) is 6.54 Å². The molecule has 1 atom stereocenters. The standard InChI is InChI=1S/C14H20N2O3/c1-10(2)16-7-8-19-12-5-3-11(4-6-12)9-13(15)14(17)18/h3-6,13H,7-9,15H2,1-2H3,(H,17,18). The van der Waals surface area contributed by atoms with Crippen LogP contribution in [0.15, 0.2) is 29.3 Å². The van der Waals surface area contributed by atoms with Gasteiger partial charge in [-0.1, -0.05) is 12.1 Å². The Morgan fingerprint density at radius 3 is 2.53 bits per heavy atom. The van der Waals surface area contributed by atoms with Crippen molar-refractivity contribution in [1.82, 2.24) is 0 Å². The Morgan fingerprint density at radius 1 is 1.37 bits per heavy atom. The van der Waals surface area contributed by atoms with Crippen molar-refractivity contribution in [2.24, 2.45) is 10.7 Å². The van der Waals surface area contributed by atoms with Gasteiger partial charge in [-0.25, -0.2) is 0 Å². The molecule has 0 aliphatic carbocycles. The molecule has 0 aromatic heterocycles. The number of rotatable bonds is 7. The summed E-state index contributed by atoms with van der Waals surface area (Å²) >= 11 is 0. The van der Waals surface area contributed by atoms with Crippen LogP contribution in [0.3, 0.4) is 0 Å². The fraction of sp³-hybridized carbons (Fsp3) is 0.429. The molecular formula is C14H20N2O3. The summed E-state index contributed by atoms with van der Waals surface area (Å²) in [5.74, 6) is -0.246. The summed E-state index contributed by atoms with van der Waals surface area (Å²) in [6.07, 6.45) is 0.314. The lowest BCUT2D eigenvalue weighted by Gasteiger charge is -2.08. The van der Waals surface area contributed by atoms with E-state index in [1.165, 1.54) is 0 Å². The van der Waals surface area contributed by atoms with Gasteiger partial charge in [0.15, 0.2) is 0 Å². The Morgan fingerprint density at radius 2 is 2.00 bits per heavy atom. The molecule has 1 rings (SSSR count). The van der Waals surface area contributed by atoms with Crippen molar-refractivity contribution >= 4 is 11.7 Å². The predicted octanol–water partition coefficient (Wildman–Crippen LogP) is 1.50. The summed E-state index contributed by atoms with van der Waals surface area (Å²) in [5, 5.41) is 8.72. The zero-order valence-corrected chi connectivity index (χ0v) is 11.3. The van der Waals surface area contributed by atoms with Crippen molar-refractivity contribution in [1.29, 1.82) is 0 Å². The topological polar surface area (TPSA) is 84.9 Å². The van der Waals surface area contributed by atoms with Crippen LogP contribution < -0.4 is 10.5 Å². The highest BCUT2D eigenvalue weighted by atomic mass is 16.5. The molecule has 3 N–H and O–H groups in total. The van der Waals surface area contributed by atoms with Gasteiger partial charge in [-0.15, -0.1) is 0 Å². The lowest BCUT2D eigenvalue weighted by Crippen LogP contribution is -2.32. The van der Waals surface area contributed by atoms with Gasteiger partial charge in [0.2, 0.25) is 0 Å². The lowest BCUT2D eigenvalue weighted by molar-refractivity contribution is -0.138. The number of hydrogen-bond acceptors (Lipinski definition) is 4. The van der Waals surface area contributed by atoms with Crippen molar-refractivity contribution in [3.8, 4) is 5.75 Å². The Bertz CT molecular complexity index is 437. The fourth-order valence-corrected chi connectivity index (χ4v) is 1.50. The summed E-state index contributed by atoms with van der Waals surface area (Å²) in [4.78, 5) is 14.9. The third kappa shape index (κ3) is 6.01. The number of nitrogens with zero attached hydrogens (tertiary/aromatic N) is 1. The molecular weight excluding hydrogens is 244 g/mol. The maximum Gasteiger partial charge on any atom is 0.320 e. The minimum Gasteiger partial charge on any atom is -0.492 e. The molecule has 1 unspecified atom stereocenters. The molecule has 0 fully saturated rings. The van der Waals surface area contributed by atoms with Gasteiger partial charge in [-0.05, 0) is 38.0 Å². The van der Waals surface area contributed by atoms with Crippen LogP contribution in [0.1, 0.15) is 19.4 Å². The molecule has 1 aromatic carbocycles. The van der Waals surface area contributed by atoms with Crippen molar-refractivity contribution in [3.63, 3.8) is 0 Å². The van der Waals surface area contributed by atoms with Crippen molar-refractivity contribution in [3.05, 3.63) is 29.8 Å². The highest BCUT2D eigenvalue weighted by Gasteiger charge is 2.11. The quantitative estimate of drug-likeness (QED) is 0.577. The number of hydrogen-bond donors (Lipinski definition) is 2. The number of carbonyl (C=O) groups is 1. The van der Waals surface area contributed by atoms with E-state index in [9.17, 15) is 4.79 Å². The molecule has 0 amide bonds. The van der Waals surface area contributed by atoms with E-state index < -0.39 is 12.0 Å². The average Bonchev–Trinajstić information content (AvgIpc) is 2.36. The molecule has 0 heterocycles. The molecule has 0 aliphatic heterocycles. The minimum atomic E-state index is -0.992. The van der Waals surface area contributed by atoms with E-state index in [-0.39, 0.29) is 0 Å². The predicted molar refractivity (Wildman–Crippen MR) is 74.9 cm³/mol. The van der Waals surface area contributed by atoms with E-state index in [0.717, 1.165) is 17.0 Å². The molecule has 5 nitrogen and oxygen atoms in total. The first-order chi connectivity index (χ1) is 8.99. The normalized spacial score (nSPS) is 11.7. The van der Waals surface area contributed by atoms with Crippen LogP contribution in [0.2, 0.25) is 0 Å². The third-order valence-electron chi connectivity index (χ3n) is 2.48. The van der Waals surface area contributed by atoms with Crippen LogP contribution in [0.4, 0.5) is 0 Å². The first kappa shape index (κ1) is 15.2. The van der Waals surface area contributed by atoms with Crippen LogP contribution >= 0.6 is 0 Å². The highest BCUT2D eigenvalue weighted by molar-refractivity contribution is 5.79. The van der Waals surface area contributed by atoms with Crippen molar-refractivity contribution in [2.75, 3.05) is 13.2 Å². The Labute approximate surface area is 113 Å². The molecule has 1 aromatic rings. The third-order valence-corrected chi connectivity index (χ3v) is 2.48. The maximum atomic E-state index is 10.6. The summed E-state index contributed by atoms with van der Waals surface area (Å²) in [5.41, 5.74) is 7.38. The SMILES string of the molecule is CC(C)=NCCOc1ccc(CC(N)C(=O)O)cc1. The molecule has 0 saturated heterocycles. The van der Waals surface area contributed by atoms with Crippen LogP contribution in [0, 0.1) is 0 Å². The number of aliphatic carboxylic acids is 1. The van der Waals surface area contributed by atoms with Gasteiger partial charge in [0.25, 0.3) is 0 Å². The molecule has 5 heteroatoms. The smallest absolute Gasteiger partial charge is 0.320 e. The van der Waals surface area contributed by atoms with Gasteiger partial charge in [-0.3, -0.25) is 9.79 Å². The molecule has 0 spiro atoms. The van der Waals surface area contributed by atoms with E-state index in [0.29, 0.717) is 19.6 Å². The summed E-state index contributed by atoms with van der Waals surface area (Å²) < 4.78 is 5.51. The van der Waals surface area contributed by atoms with Gasteiger partial charge < -0.3 is 15.6 Å². The van der Waals surface area contributed by atoms with Crippen LogP contribution in [0.5, 0.6) is 5.75 Å². The fourth-order valence-electron chi connectivity index (χ4n) is 1.50. The van der Waals surface area contributed by atoms with Crippen LogP contribution in [-0.4, -0.2) is 36.0 Å². The second-order valence-corrected chi connectivity index (χ2v) is 4.47. The number of aliphatic imine (C=N–C) groups is 1. The molecule has 0 aliphatic rings. The average molecular weight is 264 g/mol. The zero-order chi connectivity index (χ0) is 14.3. The molecule has 0 bridgehead atoms. The van der Waals surface area contributed by atoms with E-state index in [2.05, 4.69) is 4.99 Å². The van der Waals surface area contributed by atoms with E-state index in [1.807, 2.05) is 38.1 Å². The molecule has 0 radical (unpaired) electrons. The van der Waals surface area contributed by atoms with E-state index in [4.69, 9.17) is 15.6 Å². The van der Waals surface area contributed by atoms with E-state index >= 15 is 0 Å². The molecule has 0 saturated carbocycles. The Hall–Kier alpha value is -1.88. The summed E-state index contributed by atoms with van der Waals surface area (Å²) in [6.45, 7) is 5.05. The van der Waals surface area contributed by atoms with Crippen molar-refractivity contribution in [2.45, 2.75) is 26.3 Å². The highest BCUT2D eigenvalue weighted by Crippen LogP contribution is 2.13. The second kappa shape index (κ2) is 7.53. The number of carboxylic acids is 1. The number of carboxylic acid groups (broad SMARTS) is 1. The van der Waals surface area contributed by atoms with Crippen LogP contribution in [-0.2, 0) is 11.2 Å². The number of benzene rings is 1. The maximum absolute atomic E-state index is 10.6. The summed E-state index contributed by atoms with van der Waals surface area (Å²) in [7, 11) is 0. The lowest BCUT2D eigenvalue weighted by atomic mass is 10.1. The Kier molecular flexibility index (Phi) is 6.02.